The lowest BCUT2D eigenvalue weighted by atomic mass is 10.0. The fourth-order valence-electron chi connectivity index (χ4n) is 4.60. The molecule has 1 aliphatic heterocycles. The second-order valence-corrected chi connectivity index (χ2v) is 10.3. The van der Waals surface area contributed by atoms with Crippen LogP contribution in [0.15, 0.2) is 35.2 Å². The normalized spacial score (nSPS) is 16.5. The van der Waals surface area contributed by atoms with Crippen molar-refractivity contribution in [2.75, 3.05) is 24.9 Å². The Morgan fingerprint density at radius 2 is 2.00 bits per heavy atom. The van der Waals surface area contributed by atoms with Crippen LogP contribution in [0.4, 0.5) is 10.1 Å². The molecule has 1 fully saturated rings. The number of hydrogen-bond acceptors (Lipinski definition) is 5. The summed E-state index contributed by atoms with van der Waals surface area (Å²) in [5.41, 5.74) is 0.669. The first kappa shape index (κ1) is 26.0. The number of carboxylic acids is 1. The number of ether oxygens (including phenoxy) is 1. The topological polar surface area (TPSA) is 95.9 Å². The molecule has 2 aromatic rings. The van der Waals surface area contributed by atoms with Gasteiger partial charge in [-0.15, -0.1) is 0 Å². The lowest BCUT2D eigenvalue weighted by Gasteiger charge is -2.20. The summed E-state index contributed by atoms with van der Waals surface area (Å²) in [6.45, 7) is 6.07. The number of carbonyl (C=O) groups is 1. The van der Waals surface area contributed by atoms with Gasteiger partial charge in [0.15, 0.2) is 0 Å². The van der Waals surface area contributed by atoms with Crippen molar-refractivity contribution in [1.29, 1.82) is 0 Å². The third-order valence-corrected chi connectivity index (χ3v) is 7.89. The standard InChI is InChI=1S/C25H33FN2O5S/c1-4-18-10-12-21(23(25(29)30)24(18)33-3)27-34(31,32)22-13-11-20(26)16-19(22)9-5-6-14-28-15-7-8-17(28)2/h10-13,16-17,27H,4-9,14-15H2,1-3H3,(H,29,30). The van der Waals surface area contributed by atoms with Crippen molar-refractivity contribution in [2.45, 2.75) is 63.3 Å². The van der Waals surface area contributed by atoms with Gasteiger partial charge in [0.05, 0.1) is 17.7 Å². The zero-order chi connectivity index (χ0) is 24.9. The van der Waals surface area contributed by atoms with E-state index in [0.29, 0.717) is 36.4 Å². The summed E-state index contributed by atoms with van der Waals surface area (Å²) < 4.78 is 48.2. The molecule has 7 nitrogen and oxygen atoms in total. The molecule has 186 valence electrons. The molecular formula is C25H33FN2O5S. The van der Waals surface area contributed by atoms with E-state index in [1.165, 1.54) is 38.2 Å². The first-order valence-electron chi connectivity index (χ1n) is 11.7. The number of aryl methyl sites for hydroxylation is 2. The Hall–Kier alpha value is -2.65. The molecule has 0 bridgehead atoms. The Morgan fingerprint density at radius 3 is 2.62 bits per heavy atom. The fourth-order valence-corrected chi connectivity index (χ4v) is 5.92. The van der Waals surface area contributed by atoms with Gasteiger partial charge in [-0.1, -0.05) is 13.0 Å². The van der Waals surface area contributed by atoms with Crippen LogP contribution in [-0.2, 0) is 22.9 Å². The molecule has 1 heterocycles. The minimum absolute atomic E-state index is 0.0571. The first-order valence-corrected chi connectivity index (χ1v) is 13.1. The molecule has 2 aromatic carbocycles. The Bertz CT molecular complexity index is 1140. The summed E-state index contributed by atoms with van der Waals surface area (Å²) in [7, 11) is -2.82. The zero-order valence-electron chi connectivity index (χ0n) is 19.9. The van der Waals surface area contributed by atoms with Crippen LogP contribution >= 0.6 is 0 Å². The van der Waals surface area contributed by atoms with Crippen LogP contribution in [0.5, 0.6) is 5.75 Å². The summed E-state index contributed by atoms with van der Waals surface area (Å²) >= 11 is 0. The van der Waals surface area contributed by atoms with Crippen molar-refractivity contribution in [1.82, 2.24) is 4.90 Å². The fraction of sp³-hybridized carbons (Fsp3) is 0.480. The first-order chi connectivity index (χ1) is 16.2. The number of likely N-dealkylation sites (tertiary alicyclic amines) is 1. The molecular weight excluding hydrogens is 459 g/mol. The number of carboxylic acid groups (broad SMARTS) is 1. The predicted octanol–water partition coefficient (Wildman–Crippen LogP) is 4.70. The Morgan fingerprint density at radius 1 is 1.24 bits per heavy atom. The smallest absolute Gasteiger partial charge is 0.341 e. The van der Waals surface area contributed by atoms with E-state index in [2.05, 4.69) is 16.5 Å². The van der Waals surface area contributed by atoms with E-state index in [1.807, 2.05) is 6.92 Å². The van der Waals surface area contributed by atoms with E-state index in [9.17, 15) is 22.7 Å². The molecule has 1 atom stereocenters. The number of unbranched alkanes of at least 4 members (excludes halogenated alkanes) is 1. The van der Waals surface area contributed by atoms with Crippen LogP contribution in [-0.4, -0.2) is 50.6 Å². The second-order valence-electron chi connectivity index (χ2n) is 8.68. The van der Waals surface area contributed by atoms with E-state index in [0.717, 1.165) is 25.6 Å². The zero-order valence-corrected chi connectivity index (χ0v) is 20.8. The highest BCUT2D eigenvalue weighted by molar-refractivity contribution is 7.92. The molecule has 0 aromatic heterocycles. The number of rotatable bonds is 11. The molecule has 0 amide bonds. The monoisotopic (exact) mass is 492 g/mol. The lowest BCUT2D eigenvalue weighted by molar-refractivity contribution is 0.0694. The largest absolute Gasteiger partial charge is 0.495 e. The Balaban J connectivity index is 1.83. The molecule has 0 saturated carbocycles. The van der Waals surface area contributed by atoms with Crippen molar-refractivity contribution < 1.29 is 27.4 Å². The molecule has 1 saturated heterocycles. The van der Waals surface area contributed by atoms with Crippen molar-refractivity contribution in [3.63, 3.8) is 0 Å². The maximum Gasteiger partial charge on any atom is 0.341 e. The highest BCUT2D eigenvalue weighted by Gasteiger charge is 2.26. The quantitative estimate of drug-likeness (QED) is 0.442. The minimum atomic E-state index is -4.17. The summed E-state index contributed by atoms with van der Waals surface area (Å²) in [6.07, 6.45) is 4.91. The van der Waals surface area contributed by atoms with Crippen LogP contribution < -0.4 is 9.46 Å². The second kappa shape index (κ2) is 11.2. The van der Waals surface area contributed by atoms with E-state index in [4.69, 9.17) is 4.74 Å². The number of anilines is 1. The highest BCUT2D eigenvalue weighted by Crippen LogP contribution is 2.33. The minimum Gasteiger partial charge on any atom is -0.495 e. The van der Waals surface area contributed by atoms with Gasteiger partial charge in [-0.25, -0.2) is 17.6 Å². The summed E-state index contributed by atoms with van der Waals surface area (Å²) in [4.78, 5) is 14.3. The number of benzene rings is 2. The molecule has 1 aliphatic rings. The van der Waals surface area contributed by atoms with Crippen LogP contribution in [0.1, 0.15) is 61.0 Å². The van der Waals surface area contributed by atoms with Crippen LogP contribution in [0.2, 0.25) is 0 Å². The van der Waals surface area contributed by atoms with Gasteiger partial charge in [0.25, 0.3) is 10.0 Å². The van der Waals surface area contributed by atoms with Crippen molar-refractivity contribution >= 4 is 21.7 Å². The van der Waals surface area contributed by atoms with Gasteiger partial charge in [0, 0.05) is 6.04 Å². The van der Waals surface area contributed by atoms with Crippen molar-refractivity contribution in [2.24, 2.45) is 0 Å². The van der Waals surface area contributed by atoms with E-state index in [1.54, 1.807) is 6.07 Å². The van der Waals surface area contributed by atoms with Gasteiger partial charge in [0.2, 0.25) is 0 Å². The van der Waals surface area contributed by atoms with Gasteiger partial charge >= 0.3 is 5.97 Å². The third kappa shape index (κ3) is 5.88. The molecule has 0 aliphatic carbocycles. The van der Waals surface area contributed by atoms with Crippen LogP contribution in [0.3, 0.4) is 0 Å². The van der Waals surface area contributed by atoms with Gasteiger partial charge in [-0.3, -0.25) is 4.72 Å². The van der Waals surface area contributed by atoms with E-state index >= 15 is 0 Å². The van der Waals surface area contributed by atoms with Crippen LogP contribution in [0, 0.1) is 5.82 Å². The molecule has 3 rings (SSSR count). The van der Waals surface area contributed by atoms with Crippen molar-refractivity contribution in [3.05, 3.63) is 52.8 Å². The van der Waals surface area contributed by atoms with Gasteiger partial charge < -0.3 is 14.7 Å². The summed E-state index contributed by atoms with van der Waals surface area (Å²) in [6, 6.07) is 7.19. The molecule has 0 radical (unpaired) electrons. The number of aromatic carboxylic acids is 1. The SMILES string of the molecule is CCc1ccc(NS(=O)(=O)c2ccc(F)cc2CCCCN2CCCC2C)c(C(=O)O)c1OC. The average Bonchev–Trinajstić information content (AvgIpc) is 3.20. The maximum atomic E-state index is 14.0. The number of methoxy groups -OCH3 is 1. The van der Waals surface area contributed by atoms with Gasteiger partial charge in [-0.05, 0) is 93.9 Å². The number of halogens is 1. The lowest BCUT2D eigenvalue weighted by Crippen LogP contribution is -2.27. The number of nitrogens with one attached hydrogen (secondary N) is 1. The molecule has 0 spiro atoms. The third-order valence-electron chi connectivity index (χ3n) is 6.43. The van der Waals surface area contributed by atoms with E-state index < -0.39 is 21.8 Å². The highest BCUT2D eigenvalue weighted by atomic mass is 32.2. The predicted molar refractivity (Wildman–Crippen MR) is 130 cm³/mol. The Labute approximate surface area is 201 Å². The number of sulfonamides is 1. The number of nitrogens with zero attached hydrogens (tertiary/aromatic N) is 1. The van der Waals surface area contributed by atoms with Gasteiger partial charge in [-0.2, -0.15) is 0 Å². The number of hydrogen-bond donors (Lipinski definition) is 2. The van der Waals surface area contributed by atoms with E-state index in [-0.39, 0.29) is 21.9 Å². The van der Waals surface area contributed by atoms with Crippen molar-refractivity contribution in [3.8, 4) is 5.75 Å². The molecule has 2 N–H and O–H groups in total. The van der Waals surface area contributed by atoms with Gasteiger partial charge in [0.1, 0.15) is 17.1 Å². The summed E-state index contributed by atoms with van der Waals surface area (Å²) in [5, 5.41) is 9.74. The molecule has 34 heavy (non-hydrogen) atoms. The Kier molecular flexibility index (Phi) is 8.54. The summed E-state index contributed by atoms with van der Waals surface area (Å²) in [5.74, 6) is -1.70. The average molecular weight is 493 g/mol. The molecule has 1 unspecified atom stereocenters. The molecule has 9 heteroatoms. The maximum absolute atomic E-state index is 14.0. The van der Waals surface area contributed by atoms with Crippen LogP contribution in [0.25, 0.3) is 0 Å².